The highest BCUT2D eigenvalue weighted by atomic mass is 35.5. The van der Waals surface area contributed by atoms with E-state index < -0.39 is 12.1 Å². The fourth-order valence-electron chi connectivity index (χ4n) is 3.35. The second kappa shape index (κ2) is 7.28. The molecule has 0 spiro atoms. The fraction of sp³-hybridized carbons (Fsp3) is 0.100. The van der Waals surface area contributed by atoms with Gasteiger partial charge in [-0.3, -0.25) is 5.32 Å². The maximum absolute atomic E-state index is 12.2. The molecule has 1 aromatic heterocycles. The number of fused-ring (bicyclic) bond motifs is 3. The Labute approximate surface area is 164 Å². The molecule has 0 saturated carbocycles. The number of ether oxygens (including phenoxy) is 1. The zero-order valence-electron chi connectivity index (χ0n) is 14.4. The molecule has 7 nitrogen and oxygen atoms in total. The molecule has 3 aromatic rings. The number of carboxylic acid groups (broad SMARTS) is 1. The van der Waals surface area contributed by atoms with Crippen LogP contribution in [0.3, 0.4) is 0 Å². The number of carbonyl (C=O) groups is 2. The smallest absolute Gasteiger partial charge is 0.412 e. The van der Waals surface area contributed by atoms with Crippen LogP contribution in [0.5, 0.6) is 0 Å². The van der Waals surface area contributed by atoms with Crippen molar-refractivity contribution >= 4 is 29.5 Å². The summed E-state index contributed by atoms with van der Waals surface area (Å²) in [5, 5.41) is 18.6. The van der Waals surface area contributed by atoms with E-state index >= 15 is 0 Å². The monoisotopic (exact) mass is 395 g/mol. The SMILES string of the molecule is O=C(Nc1nnc(Cl)cc1C(=O)O)OCC1c2ccccc2-c2ccccc21. The summed E-state index contributed by atoms with van der Waals surface area (Å²) in [4.78, 5) is 23.5. The Morgan fingerprint density at radius 3 is 2.25 bits per heavy atom. The van der Waals surface area contributed by atoms with Crippen molar-refractivity contribution in [2.45, 2.75) is 5.92 Å². The maximum atomic E-state index is 12.2. The third kappa shape index (κ3) is 3.27. The molecular weight excluding hydrogens is 382 g/mol. The lowest BCUT2D eigenvalue weighted by atomic mass is 9.98. The number of rotatable bonds is 4. The minimum atomic E-state index is -1.29. The molecule has 0 radical (unpaired) electrons. The van der Waals surface area contributed by atoms with E-state index in [2.05, 4.69) is 15.5 Å². The van der Waals surface area contributed by atoms with Crippen LogP contribution >= 0.6 is 11.6 Å². The number of hydrogen-bond donors (Lipinski definition) is 2. The van der Waals surface area contributed by atoms with E-state index in [0.717, 1.165) is 28.3 Å². The number of benzene rings is 2. The summed E-state index contributed by atoms with van der Waals surface area (Å²) in [5.41, 5.74) is 4.12. The van der Waals surface area contributed by atoms with Crippen LogP contribution in [0.4, 0.5) is 10.6 Å². The van der Waals surface area contributed by atoms with Crippen molar-refractivity contribution in [3.63, 3.8) is 0 Å². The number of amides is 1. The topological polar surface area (TPSA) is 101 Å². The molecule has 1 heterocycles. The predicted molar refractivity (Wildman–Crippen MR) is 103 cm³/mol. The van der Waals surface area contributed by atoms with E-state index in [-0.39, 0.29) is 29.1 Å². The van der Waals surface area contributed by atoms with E-state index in [4.69, 9.17) is 16.3 Å². The molecule has 2 N–H and O–H groups in total. The molecule has 0 atom stereocenters. The van der Waals surface area contributed by atoms with Gasteiger partial charge in [0.15, 0.2) is 11.0 Å². The highest BCUT2D eigenvalue weighted by Gasteiger charge is 2.29. The van der Waals surface area contributed by atoms with Gasteiger partial charge in [0.05, 0.1) is 0 Å². The molecular formula is C20H14ClN3O4. The first-order valence-corrected chi connectivity index (χ1v) is 8.81. The average molecular weight is 396 g/mol. The van der Waals surface area contributed by atoms with Gasteiger partial charge in [-0.1, -0.05) is 60.1 Å². The lowest BCUT2D eigenvalue weighted by Gasteiger charge is -2.14. The zero-order valence-corrected chi connectivity index (χ0v) is 15.2. The van der Waals surface area contributed by atoms with Gasteiger partial charge in [0.1, 0.15) is 12.2 Å². The molecule has 0 unspecified atom stereocenters. The molecule has 140 valence electrons. The summed E-state index contributed by atoms with van der Waals surface area (Å²) in [5.74, 6) is -1.62. The normalized spacial score (nSPS) is 12.2. The van der Waals surface area contributed by atoms with E-state index in [1.165, 1.54) is 0 Å². The van der Waals surface area contributed by atoms with Crippen LogP contribution in [-0.2, 0) is 4.74 Å². The Bertz CT molecular complexity index is 1040. The van der Waals surface area contributed by atoms with Crippen molar-refractivity contribution in [1.82, 2.24) is 10.2 Å². The first-order valence-electron chi connectivity index (χ1n) is 8.43. The first-order chi connectivity index (χ1) is 13.5. The van der Waals surface area contributed by atoms with Crippen LogP contribution in [0, 0.1) is 0 Å². The van der Waals surface area contributed by atoms with Gasteiger partial charge in [-0.15, -0.1) is 10.2 Å². The molecule has 0 saturated heterocycles. The third-order valence-electron chi connectivity index (χ3n) is 4.56. The molecule has 4 rings (SSSR count). The molecule has 28 heavy (non-hydrogen) atoms. The summed E-state index contributed by atoms with van der Waals surface area (Å²) >= 11 is 5.66. The number of aromatic nitrogens is 2. The minimum absolute atomic E-state index is 0.0875. The highest BCUT2D eigenvalue weighted by molar-refractivity contribution is 6.29. The summed E-state index contributed by atoms with van der Waals surface area (Å²) in [7, 11) is 0. The lowest BCUT2D eigenvalue weighted by Crippen LogP contribution is -2.20. The van der Waals surface area contributed by atoms with E-state index in [0.29, 0.717) is 0 Å². The van der Waals surface area contributed by atoms with Crippen LogP contribution in [0.15, 0.2) is 54.6 Å². The quantitative estimate of drug-likeness (QED) is 0.686. The van der Waals surface area contributed by atoms with Gasteiger partial charge in [0.2, 0.25) is 0 Å². The zero-order chi connectivity index (χ0) is 19.7. The van der Waals surface area contributed by atoms with Crippen LogP contribution < -0.4 is 5.32 Å². The number of nitrogens with zero attached hydrogens (tertiary/aromatic N) is 2. The van der Waals surface area contributed by atoms with Crippen molar-refractivity contribution in [3.8, 4) is 11.1 Å². The van der Waals surface area contributed by atoms with Crippen LogP contribution in [0.1, 0.15) is 27.4 Å². The Balaban J connectivity index is 1.51. The fourth-order valence-corrected chi connectivity index (χ4v) is 3.50. The standard InChI is InChI=1S/C20H14ClN3O4/c21-17-9-15(19(25)26)18(24-23-17)22-20(27)28-10-16-13-7-3-1-5-11(13)12-6-2-4-8-14(12)16/h1-9,16H,10H2,(H,25,26)(H,22,24,27). The Morgan fingerprint density at radius 2 is 1.64 bits per heavy atom. The van der Waals surface area contributed by atoms with Gasteiger partial charge in [-0.2, -0.15) is 0 Å². The van der Waals surface area contributed by atoms with Gasteiger partial charge >= 0.3 is 12.1 Å². The largest absolute Gasteiger partial charge is 0.478 e. The number of halogens is 1. The van der Waals surface area contributed by atoms with Crippen LogP contribution in [-0.4, -0.2) is 34.0 Å². The number of nitrogens with one attached hydrogen (secondary N) is 1. The van der Waals surface area contributed by atoms with Crippen molar-refractivity contribution in [2.24, 2.45) is 0 Å². The predicted octanol–water partition coefficient (Wildman–Crippen LogP) is 4.19. The Kier molecular flexibility index (Phi) is 4.67. The maximum Gasteiger partial charge on any atom is 0.412 e. The Hall–Kier alpha value is -3.45. The third-order valence-corrected chi connectivity index (χ3v) is 4.74. The molecule has 1 aliphatic carbocycles. The molecule has 0 bridgehead atoms. The van der Waals surface area contributed by atoms with Gasteiger partial charge < -0.3 is 9.84 Å². The van der Waals surface area contributed by atoms with Crippen molar-refractivity contribution in [3.05, 3.63) is 76.4 Å². The number of carbonyl (C=O) groups excluding carboxylic acids is 1. The number of hydrogen-bond acceptors (Lipinski definition) is 5. The van der Waals surface area contributed by atoms with Gasteiger partial charge in [-0.25, -0.2) is 9.59 Å². The van der Waals surface area contributed by atoms with E-state index in [9.17, 15) is 14.7 Å². The molecule has 8 heteroatoms. The van der Waals surface area contributed by atoms with E-state index in [1.807, 2.05) is 48.5 Å². The minimum Gasteiger partial charge on any atom is -0.478 e. The number of anilines is 1. The molecule has 0 aliphatic heterocycles. The number of aromatic carboxylic acids is 1. The molecule has 0 fully saturated rings. The molecule has 1 aliphatic rings. The van der Waals surface area contributed by atoms with Crippen molar-refractivity contribution < 1.29 is 19.4 Å². The summed E-state index contributed by atoms with van der Waals surface area (Å²) in [6.07, 6.45) is -0.819. The molecule has 1 amide bonds. The highest BCUT2D eigenvalue weighted by Crippen LogP contribution is 2.44. The Morgan fingerprint density at radius 1 is 1.04 bits per heavy atom. The first kappa shape index (κ1) is 17.9. The van der Waals surface area contributed by atoms with Crippen LogP contribution in [0.2, 0.25) is 5.15 Å². The molecule has 2 aromatic carbocycles. The van der Waals surface area contributed by atoms with Gasteiger partial charge in [-0.05, 0) is 28.3 Å². The summed E-state index contributed by atoms with van der Waals surface area (Å²) < 4.78 is 5.36. The number of carboxylic acids is 1. The van der Waals surface area contributed by atoms with Crippen LogP contribution in [0.25, 0.3) is 11.1 Å². The van der Waals surface area contributed by atoms with Gasteiger partial charge in [0, 0.05) is 5.92 Å². The lowest BCUT2D eigenvalue weighted by molar-refractivity contribution is 0.0697. The van der Waals surface area contributed by atoms with E-state index in [1.54, 1.807) is 0 Å². The van der Waals surface area contributed by atoms with Crippen molar-refractivity contribution in [1.29, 1.82) is 0 Å². The summed E-state index contributed by atoms with van der Waals surface area (Å²) in [6.45, 7) is 0.100. The second-order valence-electron chi connectivity index (χ2n) is 6.19. The average Bonchev–Trinajstić information content (AvgIpc) is 3.01. The summed E-state index contributed by atoms with van der Waals surface area (Å²) in [6, 6.07) is 17.0. The van der Waals surface area contributed by atoms with Gasteiger partial charge in [0.25, 0.3) is 0 Å². The van der Waals surface area contributed by atoms with Crippen molar-refractivity contribution in [2.75, 3.05) is 11.9 Å². The second-order valence-corrected chi connectivity index (χ2v) is 6.57.